The molecule has 6 atom stereocenters. The number of benzene rings is 2. The molecule has 2 heterocycles. The lowest BCUT2D eigenvalue weighted by atomic mass is 9.45. The number of amides is 1. The van der Waals surface area contributed by atoms with E-state index in [9.17, 15) is 15.0 Å². The van der Waals surface area contributed by atoms with Crippen molar-refractivity contribution in [2.45, 2.75) is 75.2 Å². The lowest BCUT2D eigenvalue weighted by Gasteiger charge is -2.66. The van der Waals surface area contributed by atoms with Crippen LogP contribution in [0.2, 0.25) is 0 Å². The quantitative estimate of drug-likeness (QED) is 0.617. The third-order valence-corrected chi connectivity index (χ3v) is 10.3. The number of piperidine rings is 1. The number of phenolic OH excluding ortho intramolecular Hbond substituents is 1. The monoisotopic (exact) mass is 512 g/mol. The lowest BCUT2D eigenvalue weighted by molar-refractivity contribution is -0.224. The Kier molecular flexibility index (Phi) is 5.22. The molecule has 198 valence electrons. The molecule has 2 saturated carbocycles. The fourth-order valence-corrected chi connectivity index (χ4v) is 8.34. The molecule has 2 aromatic carbocycles. The summed E-state index contributed by atoms with van der Waals surface area (Å²) < 4.78 is 6.64. The molecular weight excluding hydrogens is 476 g/mol. The summed E-state index contributed by atoms with van der Waals surface area (Å²) in [5.41, 5.74) is 2.40. The highest BCUT2D eigenvalue weighted by Crippen LogP contribution is 2.67. The second-order valence-corrected chi connectivity index (χ2v) is 12.4. The van der Waals surface area contributed by atoms with Gasteiger partial charge in [-0.25, -0.2) is 0 Å². The number of rotatable bonds is 3. The van der Waals surface area contributed by atoms with Gasteiger partial charge in [-0.1, -0.05) is 31.0 Å². The molecule has 5 aliphatic rings. The van der Waals surface area contributed by atoms with Gasteiger partial charge in [-0.2, -0.15) is 0 Å². The number of phenols is 1. The van der Waals surface area contributed by atoms with Gasteiger partial charge in [-0.05, 0) is 86.7 Å². The molecule has 3 aliphatic carbocycles. The topological polar surface area (TPSA) is 73.2 Å². The van der Waals surface area contributed by atoms with E-state index < -0.39 is 17.1 Å². The minimum Gasteiger partial charge on any atom is -0.504 e. The number of likely N-dealkylation sites (N-methyl/N-ethyl adjacent to an activating group) is 1. The standard InChI is InChI=1S/C32H36N2O4/c1-19-5-4-6-21(15-19)9-12-27(36)33(3)24-16-20(2)32(37)26-17-23-10-11-25(35)29-28(23)31(32,30(24)38-29)13-14-34(26)18-22-7-8-22/h4-6,10-11,15,20,22,24,26,30,35,37H,7-8,13-14,16-18H2,1-3H3/t20-,24+,26+,30+,31-,32+/m0/s1. The maximum Gasteiger partial charge on any atom is 0.298 e. The van der Waals surface area contributed by atoms with Gasteiger partial charge in [0.05, 0.1) is 17.1 Å². The Balaban J connectivity index is 1.29. The summed E-state index contributed by atoms with van der Waals surface area (Å²) in [6.07, 6.45) is 4.25. The first kappa shape index (κ1) is 24.1. The average Bonchev–Trinajstić information content (AvgIpc) is 3.64. The molecule has 1 amide bonds. The highest BCUT2D eigenvalue weighted by molar-refractivity contribution is 5.94. The van der Waals surface area contributed by atoms with Crippen molar-refractivity contribution in [3.05, 3.63) is 58.7 Å². The second-order valence-electron chi connectivity index (χ2n) is 12.4. The Bertz CT molecular complexity index is 1390. The normalized spacial score (nSPS) is 34.5. The third-order valence-electron chi connectivity index (χ3n) is 10.3. The number of hydrogen-bond donors (Lipinski definition) is 2. The maximum atomic E-state index is 13.4. The summed E-state index contributed by atoms with van der Waals surface area (Å²) in [4.78, 5) is 17.7. The van der Waals surface area contributed by atoms with Crippen molar-refractivity contribution in [1.82, 2.24) is 9.80 Å². The molecule has 0 aromatic heterocycles. The summed E-state index contributed by atoms with van der Waals surface area (Å²) in [5.74, 6) is 6.93. The van der Waals surface area contributed by atoms with Crippen LogP contribution in [0.4, 0.5) is 0 Å². The Morgan fingerprint density at radius 2 is 2.08 bits per heavy atom. The smallest absolute Gasteiger partial charge is 0.298 e. The number of aromatic hydroxyl groups is 1. The molecule has 38 heavy (non-hydrogen) atoms. The lowest BCUT2D eigenvalue weighted by Crippen LogP contribution is -2.80. The van der Waals surface area contributed by atoms with E-state index in [1.807, 2.05) is 37.3 Å². The minimum absolute atomic E-state index is 0.00372. The van der Waals surface area contributed by atoms with E-state index >= 15 is 0 Å². The van der Waals surface area contributed by atoms with Crippen LogP contribution in [0.3, 0.4) is 0 Å². The van der Waals surface area contributed by atoms with Crippen LogP contribution in [0.15, 0.2) is 36.4 Å². The summed E-state index contributed by atoms with van der Waals surface area (Å²) in [6, 6.07) is 11.3. The highest BCUT2D eigenvalue weighted by atomic mass is 16.5. The minimum atomic E-state index is -0.996. The fraction of sp³-hybridized carbons (Fsp3) is 0.531. The average molecular weight is 513 g/mol. The van der Waals surface area contributed by atoms with Crippen LogP contribution in [-0.2, 0) is 16.6 Å². The van der Waals surface area contributed by atoms with Gasteiger partial charge >= 0.3 is 0 Å². The van der Waals surface area contributed by atoms with Crippen LogP contribution in [0.1, 0.15) is 54.9 Å². The first-order chi connectivity index (χ1) is 18.2. The van der Waals surface area contributed by atoms with Crippen molar-refractivity contribution in [3.63, 3.8) is 0 Å². The van der Waals surface area contributed by atoms with E-state index in [1.54, 1.807) is 18.0 Å². The van der Waals surface area contributed by atoms with Crippen LogP contribution < -0.4 is 4.74 Å². The van der Waals surface area contributed by atoms with Crippen molar-refractivity contribution >= 4 is 5.91 Å². The number of nitrogens with zero attached hydrogens (tertiary/aromatic N) is 2. The van der Waals surface area contributed by atoms with Gasteiger partial charge in [-0.15, -0.1) is 0 Å². The zero-order valence-corrected chi connectivity index (χ0v) is 22.4. The molecule has 0 radical (unpaired) electrons. The number of aliphatic hydroxyl groups is 1. The van der Waals surface area contributed by atoms with E-state index in [0.717, 1.165) is 54.1 Å². The zero-order chi connectivity index (χ0) is 26.4. The van der Waals surface area contributed by atoms with Gasteiger partial charge in [0.1, 0.15) is 6.10 Å². The van der Waals surface area contributed by atoms with Crippen LogP contribution in [0.5, 0.6) is 11.5 Å². The van der Waals surface area contributed by atoms with Gasteiger partial charge in [0.2, 0.25) is 0 Å². The molecule has 2 aliphatic heterocycles. The van der Waals surface area contributed by atoms with Crippen LogP contribution in [0, 0.1) is 30.6 Å². The van der Waals surface area contributed by atoms with Gasteiger partial charge in [0.15, 0.2) is 11.5 Å². The molecule has 2 aromatic rings. The number of hydrogen-bond acceptors (Lipinski definition) is 5. The Morgan fingerprint density at radius 3 is 2.84 bits per heavy atom. The molecule has 0 unspecified atom stereocenters. The Labute approximate surface area is 224 Å². The first-order valence-electron chi connectivity index (χ1n) is 14.1. The summed E-state index contributed by atoms with van der Waals surface area (Å²) >= 11 is 0. The van der Waals surface area contributed by atoms with Crippen molar-refractivity contribution < 1.29 is 19.7 Å². The van der Waals surface area contributed by atoms with Gasteiger partial charge in [0.25, 0.3) is 5.91 Å². The molecule has 1 spiro atoms. The van der Waals surface area contributed by atoms with Crippen LogP contribution >= 0.6 is 0 Å². The second kappa shape index (κ2) is 8.24. The number of likely N-dealkylation sites (tertiary alicyclic amines) is 1. The number of carbonyl (C=O) groups excluding carboxylic acids is 1. The van der Waals surface area contributed by atoms with Crippen LogP contribution in [-0.4, -0.2) is 69.8 Å². The van der Waals surface area contributed by atoms with Gasteiger partial charge in [-0.3, -0.25) is 9.69 Å². The molecule has 6 heteroatoms. The maximum absolute atomic E-state index is 13.4. The number of ether oxygens (including phenoxy) is 1. The first-order valence-corrected chi connectivity index (χ1v) is 14.1. The molecule has 2 bridgehead atoms. The van der Waals surface area contributed by atoms with Crippen molar-refractivity contribution in [1.29, 1.82) is 0 Å². The van der Waals surface area contributed by atoms with Crippen LogP contribution in [0.25, 0.3) is 0 Å². The highest BCUT2D eigenvalue weighted by Gasteiger charge is 2.75. The Hall–Kier alpha value is -3.01. The molecule has 3 fully saturated rings. The molecule has 2 N–H and O–H groups in total. The fourth-order valence-electron chi connectivity index (χ4n) is 8.34. The Morgan fingerprint density at radius 1 is 1.26 bits per heavy atom. The van der Waals surface area contributed by atoms with Crippen molar-refractivity contribution in [3.8, 4) is 23.3 Å². The zero-order valence-electron chi connectivity index (χ0n) is 22.4. The summed E-state index contributed by atoms with van der Waals surface area (Å²) in [6.45, 7) is 6.08. The third kappa shape index (κ3) is 3.18. The number of aryl methyl sites for hydroxylation is 1. The van der Waals surface area contributed by atoms with E-state index in [-0.39, 0.29) is 29.7 Å². The van der Waals surface area contributed by atoms with E-state index in [1.165, 1.54) is 12.8 Å². The van der Waals surface area contributed by atoms with Gasteiger partial charge < -0.3 is 19.8 Å². The molecule has 6 nitrogen and oxygen atoms in total. The summed E-state index contributed by atoms with van der Waals surface area (Å²) in [5, 5.41) is 23.7. The molecule has 1 saturated heterocycles. The summed E-state index contributed by atoms with van der Waals surface area (Å²) in [7, 11) is 1.81. The largest absolute Gasteiger partial charge is 0.504 e. The number of carbonyl (C=O) groups is 1. The predicted octanol–water partition coefficient (Wildman–Crippen LogP) is 3.39. The van der Waals surface area contributed by atoms with E-state index in [2.05, 4.69) is 23.7 Å². The molecule has 7 rings (SSSR count). The predicted molar refractivity (Wildman–Crippen MR) is 144 cm³/mol. The van der Waals surface area contributed by atoms with Gasteiger partial charge in [0, 0.05) is 36.7 Å². The van der Waals surface area contributed by atoms with Crippen molar-refractivity contribution in [2.75, 3.05) is 20.1 Å². The SMILES string of the molecule is Cc1cccc(C#CC(=O)N(C)[C@@H]2C[C@H](C)[C@@]3(O)[C@H]4Cc5ccc(O)c6c5[C@@]3(CCN4CC3CC3)[C@@H]2O6)c1. The van der Waals surface area contributed by atoms with E-state index in [0.29, 0.717) is 12.2 Å². The van der Waals surface area contributed by atoms with E-state index in [4.69, 9.17) is 4.74 Å². The molecular formula is C32H36N2O4. The van der Waals surface area contributed by atoms with Crippen molar-refractivity contribution in [2.24, 2.45) is 11.8 Å².